The quantitative estimate of drug-likeness (QED) is 0.0997. The number of carbonyl (C=O) groups is 1. The lowest BCUT2D eigenvalue weighted by molar-refractivity contribution is -0.384. The molecule has 0 aliphatic carbocycles. The number of non-ortho nitro benzene ring substituents is 1. The zero-order chi connectivity index (χ0) is 24.2. The predicted molar refractivity (Wildman–Crippen MR) is 153 cm³/mol. The third-order valence-corrected chi connectivity index (χ3v) is 6.95. The summed E-state index contributed by atoms with van der Waals surface area (Å²) in [6.07, 6.45) is 1.53. The number of benzene rings is 3. The minimum Gasteiger partial charge on any atom is -0.487 e. The Labute approximate surface area is 234 Å². The Morgan fingerprint density at radius 3 is 2.44 bits per heavy atom. The van der Waals surface area contributed by atoms with Crippen LogP contribution in [0.15, 0.2) is 70.2 Å². The Kier molecular flexibility index (Phi) is 8.02. The van der Waals surface area contributed by atoms with Gasteiger partial charge < -0.3 is 9.15 Å². The van der Waals surface area contributed by atoms with Crippen LogP contribution in [0.1, 0.15) is 21.7 Å². The average molecular weight is 793 g/mol. The van der Waals surface area contributed by atoms with Gasteiger partial charge in [0.05, 0.1) is 18.3 Å². The zero-order valence-electron chi connectivity index (χ0n) is 17.1. The Morgan fingerprint density at radius 1 is 1.06 bits per heavy atom. The first-order valence-electron chi connectivity index (χ1n) is 9.68. The van der Waals surface area contributed by atoms with Crippen molar-refractivity contribution in [3.05, 3.63) is 98.4 Å². The Balaban J connectivity index is 1.41. The second-order valence-corrected chi connectivity index (χ2v) is 10.6. The van der Waals surface area contributed by atoms with Crippen LogP contribution < -0.4 is 10.2 Å². The number of hydrazone groups is 1. The molecular weight excluding hydrogens is 779 g/mol. The first-order valence-corrected chi connectivity index (χ1v) is 12.9. The highest BCUT2D eigenvalue weighted by atomic mass is 127. The van der Waals surface area contributed by atoms with Crippen molar-refractivity contribution in [1.29, 1.82) is 0 Å². The third kappa shape index (κ3) is 6.04. The van der Waals surface area contributed by atoms with E-state index in [4.69, 9.17) is 9.15 Å². The van der Waals surface area contributed by atoms with Gasteiger partial charge in [-0.25, -0.2) is 5.43 Å². The molecule has 0 spiro atoms. The number of halogens is 3. The maximum absolute atomic E-state index is 12.4. The minimum absolute atomic E-state index is 0.0103. The molecule has 8 nitrogen and oxygen atoms in total. The van der Waals surface area contributed by atoms with Crippen molar-refractivity contribution < 1.29 is 18.9 Å². The molecule has 0 saturated heterocycles. The number of nitrogens with zero attached hydrogens (tertiary/aromatic N) is 2. The molecule has 0 aliphatic rings. The van der Waals surface area contributed by atoms with Crippen LogP contribution in [0, 0.1) is 20.8 Å². The minimum atomic E-state index is -0.558. The van der Waals surface area contributed by atoms with Gasteiger partial charge in [-0.05, 0) is 115 Å². The lowest BCUT2D eigenvalue weighted by Crippen LogP contribution is -2.16. The molecule has 4 aromatic rings. The van der Waals surface area contributed by atoms with E-state index in [-0.39, 0.29) is 11.4 Å². The van der Waals surface area contributed by atoms with Gasteiger partial charge in [0.15, 0.2) is 5.76 Å². The smallest absolute Gasteiger partial charge is 0.307 e. The van der Waals surface area contributed by atoms with Gasteiger partial charge in [-0.1, -0.05) is 12.1 Å². The Morgan fingerprint density at radius 2 is 1.76 bits per heavy atom. The van der Waals surface area contributed by atoms with Gasteiger partial charge in [-0.3, -0.25) is 14.9 Å². The highest BCUT2D eigenvalue weighted by Gasteiger charge is 2.15. The molecule has 0 aliphatic heterocycles. The second kappa shape index (κ2) is 11.0. The molecule has 172 valence electrons. The van der Waals surface area contributed by atoms with Crippen molar-refractivity contribution in [3.8, 4) is 5.75 Å². The molecule has 0 atom stereocenters. The van der Waals surface area contributed by atoms with E-state index < -0.39 is 10.8 Å². The lowest BCUT2D eigenvalue weighted by atomic mass is 10.2. The van der Waals surface area contributed by atoms with Gasteiger partial charge in [-0.2, -0.15) is 5.10 Å². The highest BCUT2D eigenvalue weighted by molar-refractivity contribution is 14.1. The molecular formula is C23H14I3N3O5. The second-order valence-electron chi connectivity index (χ2n) is 7.02. The fourth-order valence-electron chi connectivity index (χ4n) is 3.00. The van der Waals surface area contributed by atoms with E-state index in [9.17, 15) is 14.9 Å². The van der Waals surface area contributed by atoms with Crippen molar-refractivity contribution in [2.45, 2.75) is 6.61 Å². The molecule has 4 rings (SSSR count). The molecule has 1 N–H and O–H groups in total. The molecule has 0 unspecified atom stereocenters. The molecule has 11 heteroatoms. The molecule has 1 heterocycles. The zero-order valence-corrected chi connectivity index (χ0v) is 23.6. The van der Waals surface area contributed by atoms with Crippen LogP contribution in [-0.2, 0) is 6.61 Å². The van der Waals surface area contributed by atoms with E-state index in [0.717, 1.165) is 24.0 Å². The summed E-state index contributed by atoms with van der Waals surface area (Å²) >= 11 is 6.68. The van der Waals surface area contributed by atoms with Crippen LogP contribution >= 0.6 is 67.8 Å². The number of hydrogen-bond donors (Lipinski definition) is 1. The van der Waals surface area contributed by atoms with Crippen LogP contribution in [0.3, 0.4) is 0 Å². The molecule has 0 saturated carbocycles. The Hall–Kier alpha value is -2.27. The molecule has 0 fully saturated rings. The largest absolute Gasteiger partial charge is 0.487 e. The van der Waals surface area contributed by atoms with Crippen molar-refractivity contribution in [2.24, 2.45) is 5.10 Å². The van der Waals surface area contributed by atoms with E-state index in [0.29, 0.717) is 17.6 Å². The summed E-state index contributed by atoms with van der Waals surface area (Å²) in [5.41, 5.74) is 4.59. The van der Waals surface area contributed by atoms with E-state index in [1.165, 1.54) is 34.1 Å². The fraction of sp³-hybridized carbons (Fsp3) is 0.0435. The van der Waals surface area contributed by atoms with Gasteiger partial charge in [0.1, 0.15) is 17.9 Å². The molecule has 1 amide bonds. The number of ether oxygens (including phenoxy) is 1. The summed E-state index contributed by atoms with van der Waals surface area (Å²) in [6.45, 7) is 0.465. The number of amides is 1. The molecule has 0 radical (unpaired) electrons. The Bertz CT molecular complexity index is 1390. The average Bonchev–Trinajstić information content (AvgIpc) is 3.23. The van der Waals surface area contributed by atoms with E-state index in [1.807, 2.05) is 36.4 Å². The topological polar surface area (TPSA) is 107 Å². The normalized spacial score (nSPS) is 11.1. The number of nitro benzene ring substituents is 1. The lowest BCUT2D eigenvalue weighted by Gasteiger charge is -2.11. The van der Waals surface area contributed by atoms with Crippen LogP contribution in [0.2, 0.25) is 0 Å². The monoisotopic (exact) mass is 793 g/mol. The fourth-order valence-corrected chi connectivity index (χ4v) is 5.49. The van der Waals surface area contributed by atoms with E-state index >= 15 is 0 Å². The van der Waals surface area contributed by atoms with Crippen LogP contribution in [0.25, 0.3) is 11.0 Å². The molecule has 34 heavy (non-hydrogen) atoms. The van der Waals surface area contributed by atoms with Crippen molar-refractivity contribution >= 4 is 96.6 Å². The van der Waals surface area contributed by atoms with Gasteiger partial charge in [0, 0.05) is 21.1 Å². The van der Waals surface area contributed by atoms with Crippen molar-refractivity contribution in [3.63, 3.8) is 0 Å². The molecule has 0 bridgehead atoms. The number of fused-ring (bicyclic) bond motifs is 1. The van der Waals surface area contributed by atoms with E-state index in [1.54, 1.807) is 0 Å². The summed E-state index contributed by atoms with van der Waals surface area (Å²) < 4.78 is 14.5. The number of hydrogen-bond acceptors (Lipinski definition) is 6. The maximum Gasteiger partial charge on any atom is 0.307 e. The highest BCUT2D eigenvalue weighted by Crippen LogP contribution is 2.29. The number of furan rings is 1. The summed E-state index contributed by atoms with van der Waals surface area (Å²) in [6, 6.07) is 17.5. The number of nitrogens with one attached hydrogen (secondary N) is 1. The number of nitro groups is 1. The first-order chi connectivity index (χ1) is 16.3. The van der Waals surface area contributed by atoms with Crippen molar-refractivity contribution in [1.82, 2.24) is 5.43 Å². The van der Waals surface area contributed by atoms with Crippen molar-refractivity contribution in [2.75, 3.05) is 0 Å². The number of carbonyl (C=O) groups excluding carboxylic acids is 1. The standard InChI is InChI=1S/C23H14I3N3O5/c24-16-3-1-13(2-4-16)12-33-22-18(25)7-14(8-19(22)26)11-27-28-23(30)21-10-15-9-17(29(31)32)5-6-20(15)34-21/h1-11H,12H2,(H,28,30)/b27-11+. The van der Waals surface area contributed by atoms with Gasteiger partial charge >= 0.3 is 5.91 Å². The summed E-state index contributed by atoms with van der Waals surface area (Å²) in [4.78, 5) is 22.8. The maximum atomic E-state index is 12.4. The predicted octanol–water partition coefficient (Wildman–Crippen LogP) is 6.50. The van der Waals surface area contributed by atoms with Gasteiger partial charge in [-0.15, -0.1) is 0 Å². The van der Waals surface area contributed by atoms with Crippen LogP contribution in [0.4, 0.5) is 5.69 Å². The summed E-state index contributed by atoms with van der Waals surface area (Å²) in [5, 5.41) is 15.4. The summed E-state index contributed by atoms with van der Waals surface area (Å²) in [5.74, 6) is 0.241. The van der Waals surface area contributed by atoms with Gasteiger partial charge in [0.25, 0.3) is 5.69 Å². The molecule has 3 aromatic carbocycles. The number of rotatable bonds is 7. The van der Waals surface area contributed by atoms with E-state index in [2.05, 4.69) is 78.3 Å². The molecule has 1 aromatic heterocycles. The van der Waals surface area contributed by atoms with Crippen LogP contribution in [0.5, 0.6) is 5.75 Å². The van der Waals surface area contributed by atoms with Crippen LogP contribution in [-0.4, -0.2) is 17.0 Å². The summed E-state index contributed by atoms with van der Waals surface area (Å²) in [7, 11) is 0. The SMILES string of the molecule is O=C(N/N=C/c1cc(I)c(OCc2ccc(I)cc2)c(I)c1)c1cc2cc([N+](=O)[O-])ccc2o1. The van der Waals surface area contributed by atoms with Gasteiger partial charge in [0.2, 0.25) is 0 Å². The third-order valence-electron chi connectivity index (χ3n) is 4.63. The first kappa shape index (κ1) is 24.8.